The van der Waals surface area contributed by atoms with Gasteiger partial charge in [-0.25, -0.2) is 16.8 Å². The molecule has 3 rings (SSSR count). The molecule has 14 heteroatoms. The molecule has 12 nitrogen and oxygen atoms in total. The Balaban J connectivity index is 2.21. The average Bonchev–Trinajstić information content (AvgIpc) is 2.79. The van der Waals surface area contributed by atoms with Gasteiger partial charge in [0.2, 0.25) is 0 Å². The number of rotatable bonds is 9. The third-order valence-electron chi connectivity index (χ3n) is 4.25. The van der Waals surface area contributed by atoms with Gasteiger partial charge in [0.1, 0.15) is 0 Å². The molecule has 0 aromatic heterocycles. The van der Waals surface area contributed by atoms with Crippen molar-refractivity contribution in [2.75, 3.05) is 0 Å². The molecular weight excluding hydrogens is 478 g/mol. The quantitative estimate of drug-likeness (QED) is 0.321. The lowest BCUT2D eigenvalue weighted by Crippen LogP contribution is -2.37. The van der Waals surface area contributed by atoms with Gasteiger partial charge in [-0.1, -0.05) is 54.6 Å². The average molecular weight is 493 g/mol. The molecule has 0 bridgehead atoms. The standard InChI is InChI=1S/C19H15N3O9S2/c23-20(24)16-10-4-6-12-18(16)32(27,28)22(31-14-15-8-2-1-3-9-15)33(29,30)19-13-7-5-11-17(19)21(25)26/h1-13H,14H2. The first-order valence-electron chi connectivity index (χ1n) is 9.01. The molecule has 0 amide bonds. The first kappa shape index (κ1) is 23.9. The summed E-state index contributed by atoms with van der Waals surface area (Å²) >= 11 is 0. The zero-order valence-corrected chi connectivity index (χ0v) is 18.2. The van der Waals surface area contributed by atoms with Crippen molar-refractivity contribution in [3.05, 3.63) is 105 Å². The predicted molar refractivity (Wildman–Crippen MR) is 114 cm³/mol. The van der Waals surface area contributed by atoms with Crippen molar-refractivity contribution in [3.8, 4) is 0 Å². The van der Waals surface area contributed by atoms with Crippen LogP contribution in [0.2, 0.25) is 0 Å². The summed E-state index contributed by atoms with van der Waals surface area (Å²) in [4.78, 5) is 24.0. The first-order valence-corrected chi connectivity index (χ1v) is 11.9. The molecule has 0 aliphatic heterocycles. The molecule has 0 unspecified atom stereocenters. The van der Waals surface area contributed by atoms with Gasteiger partial charge < -0.3 is 0 Å². The maximum atomic E-state index is 13.3. The van der Waals surface area contributed by atoms with Crippen LogP contribution in [0.4, 0.5) is 11.4 Å². The highest BCUT2D eigenvalue weighted by Crippen LogP contribution is 2.33. The third kappa shape index (κ3) is 4.88. The summed E-state index contributed by atoms with van der Waals surface area (Å²) in [7, 11) is -10.5. The molecule has 3 aromatic carbocycles. The summed E-state index contributed by atoms with van der Waals surface area (Å²) in [5.41, 5.74) is -1.43. The van der Waals surface area contributed by atoms with Crippen molar-refractivity contribution >= 4 is 31.4 Å². The minimum Gasteiger partial charge on any atom is -0.265 e. The first-order chi connectivity index (χ1) is 15.6. The van der Waals surface area contributed by atoms with E-state index in [1.807, 2.05) is 0 Å². The van der Waals surface area contributed by atoms with Gasteiger partial charge in [-0.05, 0) is 17.7 Å². The van der Waals surface area contributed by atoms with Crippen LogP contribution in [-0.4, -0.2) is 30.6 Å². The molecule has 0 heterocycles. The summed E-state index contributed by atoms with van der Waals surface area (Å²) in [6.45, 7) is -0.569. The van der Waals surface area contributed by atoms with Crippen molar-refractivity contribution < 1.29 is 31.5 Å². The Hall–Kier alpha value is -3.72. The number of benzene rings is 3. The van der Waals surface area contributed by atoms with Gasteiger partial charge in [0.15, 0.2) is 9.79 Å². The highest BCUT2D eigenvalue weighted by molar-refractivity contribution is 8.04. The summed E-state index contributed by atoms with van der Waals surface area (Å²) in [6.07, 6.45) is 0. The molecule has 0 spiro atoms. The summed E-state index contributed by atoms with van der Waals surface area (Å²) < 4.78 is 52.9. The molecule has 0 aliphatic rings. The van der Waals surface area contributed by atoms with Gasteiger partial charge in [-0.2, -0.15) is 0 Å². The minimum atomic E-state index is -5.24. The molecule has 33 heavy (non-hydrogen) atoms. The van der Waals surface area contributed by atoms with E-state index < -0.39 is 61.5 Å². The topological polar surface area (TPSA) is 167 Å². The van der Waals surface area contributed by atoms with Crippen LogP contribution >= 0.6 is 0 Å². The second-order valence-corrected chi connectivity index (χ2v) is 10.1. The predicted octanol–water partition coefficient (Wildman–Crippen LogP) is 3.01. The van der Waals surface area contributed by atoms with Crippen LogP contribution in [0.3, 0.4) is 0 Å². The third-order valence-corrected chi connectivity index (χ3v) is 8.23. The molecule has 0 saturated heterocycles. The SMILES string of the molecule is O=[N+]([O-])c1ccccc1S(=O)(=O)N(OCc1ccccc1)S(=O)(=O)c1ccccc1[N+](=O)[O-]. The molecule has 0 saturated carbocycles. The van der Waals surface area contributed by atoms with Crippen LogP contribution in [0.25, 0.3) is 0 Å². The van der Waals surface area contributed by atoms with Crippen LogP contribution < -0.4 is 0 Å². The second-order valence-electron chi connectivity index (χ2n) is 6.38. The molecule has 0 radical (unpaired) electrons. The van der Waals surface area contributed by atoms with E-state index in [0.29, 0.717) is 5.56 Å². The normalized spacial score (nSPS) is 11.9. The Labute approximate surface area is 188 Å². The fourth-order valence-electron chi connectivity index (χ4n) is 2.78. The lowest BCUT2D eigenvalue weighted by molar-refractivity contribution is -0.388. The lowest BCUT2D eigenvalue weighted by atomic mass is 10.2. The largest absolute Gasteiger partial charge is 0.289 e. The Kier molecular flexibility index (Phi) is 6.83. The second kappa shape index (κ2) is 9.41. The highest BCUT2D eigenvalue weighted by Gasteiger charge is 2.44. The Morgan fingerprint density at radius 3 is 1.48 bits per heavy atom. The maximum Gasteiger partial charge on any atom is 0.289 e. The molecule has 0 N–H and O–H groups in total. The van der Waals surface area contributed by atoms with Crippen molar-refractivity contribution in [2.24, 2.45) is 0 Å². The summed E-state index contributed by atoms with van der Waals surface area (Å²) in [6, 6.07) is 16.0. The van der Waals surface area contributed by atoms with E-state index in [9.17, 15) is 37.1 Å². The minimum absolute atomic E-state index is 0.373. The lowest BCUT2D eigenvalue weighted by Gasteiger charge is -2.21. The fourth-order valence-corrected chi connectivity index (χ4v) is 6.32. The van der Waals surface area contributed by atoms with Gasteiger partial charge in [0.05, 0.1) is 16.5 Å². The maximum absolute atomic E-state index is 13.3. The van der Waals surface area contributed by atoms with Crippen LogP contribution in [-0.2, 0) is 31.5 Å². The highest BCUT2D eigenvalue weighted by atomic mass is 32.3. The molecular formula is C19H15N3O9S2. The molecule has 0 aliphatic carbocycles. The molecule has 172 valence electrons. The van der Waals surface area contributed by atoms with E-state index in [1.165, 1.54) is 24.3 Å². The van der Waals surface area contributed by atoms with Gasteiger partial charge in [0, 0.05) is 16.0 Å². The van der Waals surface area contributed by atoms with Crippen molar-refractivity contribution in [3.63, 3.8) is 0 Å². The van der Waals surface area contributed by atoms with Crippen LogP contribution in [0, 0.1) is 20.2 Å². The number of hydrogen-bond donors (Lipinski definition) is 0. The van der Waals surface area contributed by atoms with E-state index in [2.05, 4.69) is 0 Å². The van der Waals surface area contributed by atoms with Crippen LogP contribution in [0.1, 0.15) is 5.56 Å². The molecule has 0 atom stereocenters. The summed E-state index contributed by atoms with van der Waals surface area (Å²) in [5.74, 6) is 0. The number of hydrogen-bond acceptors (Lipinski definition) is 9. The number of nitrogens with zero attached hydrogens (tertiary/aromatic N) is 3. The van der Waals surface area contributed by atoms with Gasteiger partial charge >= 0.3 is 0 Å². The van der Waals surface area contributed by atoms with E-state index >= 15 is 0 Å². The van der Waals surface area contributed by atoms with Crippen molar-refractivity contribution in [1.29, 1.82) is 0 Å². The molecule has 3 aromatic rings. The number of sulfonamides is 2. The van der Waals surface area contributed by atoms with Crippen LogP contribution in [0.5, 0.6) is 0 Å². The van der Waals surface area contributed by atoms with Crippen molar-refractivity contribution in [1.82, 2.24) is 3.87 Å². The summed E-state index contributed by atoms with van der Waals surface area (Å²) in [5, 5.41) is 22.8. The fraction of sp³-hybridized carbons (Fsp3) is 0.0526. The Bertz CT molecular complexity index is 1320. The van der Waals surface area contributed by atoms with E-state index in [0.717, 1.165) is 36.4 Å². The smallest absolute Gasteiger partial charge is 0.265 e. The Morgan fingerprint density at radius 2 is 1.06 bits per heavy atom. The zero-order chi connectivity index (χ0) is 24.2. The van der Waals surface area contributed by atoms with Gasteiger partial charge in [-0.3, -0.25) is 25.1 Å². The monoisotopic (exact) mass is 493 g/mol. The van der Waals surface area contributed by atoms with Gasteiger partial charge in [-0.15, -0.1) is 0 Å². The molecule has 0 fully saturated rings. The van der Waals surface area contributed by atoms with Crippen LogP contribution in [0.15, 0.2) is 88.7 Å². The van der Waals surface area contributed by atoms with E-state index in [4.69, 9.17) is 4.84 Å². The van der Waals surface area contributed by atoms with E-state index in [-0.39, 0.29) is 0 Å². The number of para-hydroxylation sites is 2. The van der Waals surface area contributed by atoms with Crippen molar-refractivity contribution in [2.45, 2.75) is 16.4 Å². The Morgan fingerprint density at radius 1 is 0.667 bits per heavy atom. The number of nitro benzene ring substituents is 2. The number of nitro groups is 2. The van der Waals surface area contributed by atoms with Gasteiger partial charge in [0.25, 0.3) is 31.4 Å². The zero-order valence-electron chi connectivity index (χ0n) is 16.5. The van der Waals surface area contributed by atoms with E-state index in [1.54, 1.807) is 18.2 Å².